The highest BCUT2D eigenvalue weighted by atomic mass is 35.5. The molecule has 0 saturated heterocycles. The van der Waals surface area contributed by atoms with Crippen molar-refractivity contribution in [3.63, 3.8) is 0 Å². The Morgan fingerprint density at radius 1 is 1.00 bits per heavy atom. The Balaban J connectivity index is 1.41. The second kappa shape index (κ2) is 12.9. The van der Waals surface area contributed by atoms with Gasteiger partial charge in [-0.3, -0.25) is 14.2 Å². The van der Waals surface area contributed by atoms with Crippen LogP contribution in [0.25, 0.3) is 17.4 Å². The number of fused-ring (bicyclic) bond motifs is 1. The number of carbonyl (C=O) groups excluding carboxylic acids is 2. The van der Waals surface area contributed by atoms with Crippen LogP contribution in [0.1, 0.15) is 45.8 Å². The van der Waals surface area contributed by atoms with Crippen LogP contribution in [0.2, 0.25) is 5.02 Å². The zero-order valence-electron chi connectivity index (χ0n) is 26.2. The molecule has 11 heteroatoms. The van der Waals surface area contributed by atoms with Gasteiger partial charge in [-0.15, -0.1) is 0 Å². The first-order chi connectivity index (χ1) is 22.6. The van der Waals surface area contributed by atoms with Crippen LogP contribution in [0.15, 0.2) is 98.3 Å². The summed E-state index contributed by atoms with van der Waals surface area (Å²) in [5.74, 6) is 0.701. The maximum atomic E-state index is 14.1. The number of carbonyl (C=O) groups is 2. The number of aromatic nitrogens is 1. The van der Waals surface area contributed by atoms with Crippen LogP contribution in [0.4, 0.5) is 5.69 Å². The summed E-state index contributed by atoms with van der Waals surface area (Å²) in [6.45, 7) is 5.71. The molecule has 2 aromatic heterocycles. The van der Waals surface area contributed by atoms with Gasteiger partial charge in [0, 0.05) is 17.3 Å². The van der Waals surface area contributed by atoms with Crippen LogP contribution < -0.4 is 24.9 Å². The van der Waals surface area contributed by atoms with Crippen LogP contribution >= 0.6 is 22.9 Å². The standard InChI is InChI=1S/C36H30ClN3O6S/c1-19-6-14-28(20(2)16-19)39-33(41)31-21(3)38-36-40(32(31)22-7-10-24(44-4)11-8-22)34(42)30(47-36)18-25-12-15-29(46-25)23-9-13-26(27(37)17-23)35(43)45-5/h6-18,32H,1-5H3,(H,39,41)/b30-18+/t32-/m1/s1. The summed E-state index contributed by atoms with van der Waals surface area (Å²) >= 11 is 7.52. The zero-order chi connectivity index (χ0) is 33.4. The molecule has 0 aliphatic carbocycles. The number of amides is 1. The number of rotatable bonds is 7. The van der Waals surface area contributed by atoms with Crippen molar-refractivity contribution in [1.82, 2.24) is 4.57 Å². The van der Waals surface area contributed by atoms with Crippen LogP contribution in [0.5, 0.6) is 5.75 Å². The first-order valence-corrected chi connectivity index (χ1v) is 15.8. The average molecular weight is 668 g/mol. The summed E-state index contributed by atoms with van der Waals surface area (Å²) < 4.78 is 18.1. The lowest BCUT2D eigenvalue weighted by atomic mass is 9.95. The molecule has 0 fully saturated rings. The van der Waals surface area contributed by atoms with E-state index in [1.807, 2.05) is 44.2 Å². The zero-order valence-corrected chi connectivity index (χ0v) is 27.8. The molecule has 1 amide bonds. The molecule has 238 valence electrons. The number of nitrogens with one attached hydrogen (secondary N) is 1. The van der Waals surface area contributed by atoms with Crippen LogP contribution in [-0.4, -0.2) is 30.7 Å². The first kappa shape index (κ1) is 31.8. The molecular formula is C36H30ClN3O6S. The van der Waals surface area contributed by atoms with Gasteiger partial charge in [-0.25, -0.2) is 9.79 Å². The van der Waals surface area contributed by atoms with Crippen molar-refractivity contribution in [1.29, 1.82) is 0 Å². The fourth-order valence-electron chi connectivity index (χ4n) is 5.52. The lowest BCUT2D eigenvalue weighted by Crippen LogP contribution is -2.40. The van der Waals surface area contributed by atoms with Gasteiger partial charge >= 0.3 is 5.97 Å². The quantitative estimate of drug-likeness (QED) is 0.207. The molecule has 47 heavy (non-hydrogen) atoms. The second-order valence-corrected chi connectivity index (χ2v) is 12.4. The van der Waals surface area contributed by atoms with Gasteiger partial charge in [0.05, 0.1) is 46.7 Å². The highest BCUT2D eigenvalue weighted by molar-refractivity contribution is 7.07. The topological polar surface area (TPSA) is 112 Å². The molecule has 9 nitrogen and oxygen atoms in total. The average Bonchev–Trinajstić information content (AvgIpc) is 3.65. The molecule has 5 aromatic rings. The van der Waals surface area contributed by atoms with Crippen LogP contribution in [0.3, 0.4) is 0 Å². The molecule has 3 aromatic carbocycles. The monoisotopic (exact) mass is 667 g/mol. The van der Waals surface area contributed by atoms with Gasteiger partial charge in [0.2, 0.25) is 0 Å². The summed E-state index contributed by atoms with van der Waals surface area (Å²) in [6, 6.07) is 20.7. The van der Waals surface area contributed by atoms with Gasteiger partial charge < -0.3 is 19.2 Å². The molecular weight excluding hydrogens is 638 g/mol. The molecule has 1 atom stereocenters. The number of ether oxygens (including phenoxy) is 2. The normalized spacial score (nSPS) is 14.4. The minimum atomic E-state index is -0.743. The first-order valence-electron chi connectivity index (χ1n) is 14.6. The van der Waals surface area contributed by atoms with E-state index in [4.69, 9.17) is 30.5 Å². The van der Waals surface area contributed by atoms with Crippen molar-refractivity contribution in [2.24, 2.45) is 4.99 Å². The summed E-state index contributed by atoms with van der Waals surface area (Å²) in [5.41, 5.74) is 4.87. The van der Waals surface area contributed by atoms with Crippen molar-refractivity contribution in [3.05, 3.63) is 137 Å². The van der Waals surface area contributed by atoms with E-state index in [9.17, 15) is 14.4 Å². The third-order valence-corrected chi connectivity index (χ3v) is 9.18. The molecule has 1 N–H and O–H groups in total. The number of thiazole rings is 1. The summed E-state index contributed by atoms with van der Waals surface area (Å²) in [5, 5.41) is 3.27. The van der Waals surface area contributed by atoms with E-state index < -0.39 is 12.0 Å². The van der Waals surface area contributed by atoms with E-state index in [-0.39, 0.29) is 22.1 Å². The minimum Gasteiger partial charge on any atom is -0.497 e. The SMILES string of the molecule is COC(=O)c1ccc(-c2ccc(/C=c3/sc4n(c3=O)[C@H](c3ccc(OC)cc3)C(C(=O)Nc3ccc(C)cc3C)=C(C)N=4)o2)cc1Cl. The number of hydrogen-bond donors (Lipinski definition) is 1. The highest BCUT2D eigenvalue weighted by Gasteiger charge is 2.33. The number of benzene rings is 3. The van der Waals surface area contributed by atoms with Crippen LogP contribution in [0, 0.1) is 13.8 Å². The van der Waals surface area contributed by atoms with Gasteiger partial charge in [0.1, 0.15) is 17.3 Å². The van der Waals surface area contributed by atoms with Crippen molar-refractivity contribution < 1.29 is 23.5 Å². The molecule has 3 heterocycles. The van der Waals surface area contributed by atoms with E-state index in [2.05, 4.69) is 5.32 Å². The van der Waals surface area contributed by atoms with E-state index >= 15 is 0 Å². The molecule has 0 saturated carbocycles. The number of esters is 1. The minimum absolute atomic E-state index is 0.229. The fraction of sp³-hybridized carbons (Fsp3) is 0.167. The van der Waals surface area contributed by atoms with Gasteiger partial charge in [-0.2, -0.15) is 0 Å². The van der Waals surface area contributed by atoms with E-state index in [1.54, 1.807) is 67.1 Å². The Kier molecular flexibility index (Phi) is 8.72. The third-order valence-electron chi connectivity index (χ3n) is 7.89. The molecule has 1 aliphatic rings. The van der Waals surface area contributed by atoms with E-state index in [1.165, 1.54) is 18.4 Å². The van der Waals surface area contributed by atoms with Crippen LogP contribution in [-0.2, 0) is 9.53 Å². The number of aryl methyl sites for hydroxylation is 2. The van der Waals surface area contributed by atoms with Gasteiger partial charge in [0.15, 0.2) is 4.80 Å². The molecule has 6 rings (SSSR count). The van der Waals surface area contributed by atoms with Crippen molar-refractivity contribution in [2.75, 3.05) is 19.5 Å². The van der Waals surface area contributed by atoms with Crippen molar-refractivity contribution >= 4 is 46.6 Å². The van der Waals surface area contributed by atoms with Gasteiger partial charge in [-0.1, -0.05) is 58.8 Å². The molecule has 0 bridgehead atoms. The predicted molar refractivity (Wildman–Crippen MR) is 182 cm³/mol. The Hall–Kier alpha value is -5.19. The molecule has 0 radical (unpaired) electrons. The number of methoxy groups -OCH3 is 2. The maximum absolute atomic E-state index is 14.1. The van der Waals surface area contributed by atoms with Crippen molar-refractivity contribution in [3.8, 4) is 17.1 Å². The summed E-state index contributed by atoms with van der Waals surface area (Å²) in [7, 11) is 2.87. The molecule has 0 unspecified atom stereocenters. The molecule has 0 spiro atoms. The Bertz CT molecular complexity index is 2260. The van der Waals surface area contributed by atoms with Crippen molar-refractivity contribution in [2.45, 2.75) is 26.8 Å². The number of hydrogen-bond acceptors (Lipinski definition) is 8. The van der Waals surface area contributed by atoms with Gasteiger partial charge in [0.25, 0.3) is 11.5 Å². The smallest absolute Gasteiger partial charge is 0.339 e. The third kappa shape index (κ3) is 6.17. The number of halogens is 1. The Morgan fingerprint density at radius 3 is 2.45 bits per heavy atom. The number of allylic oxidation sites excluding steroid dienone is 1. The fourth-order valence-corrected chi connectivity index (χ4v) is 6.80. The highest BCUT2D eigenvalue weighted by Crippen LogP contribution is 2.32. The maximum Gasteiger partial charge on any atom is 0.339 e. The second-order valence-electron chi connectivity index (χ2n) is 11.0. The van der Waals surface area contributed by atoms with E-state index in [0.717, 1.165) is 16.7 Å². The van der Waals surface area contributed by atoms with Gasteiger partial charge in [-0.05, 0) is 74.4 Å². The summed E-state index contributed by atoms with van der Waals surface area (Å²) in [6.07, 6.45) is 1.65. The Labute approximate surface area is 279 Å². The van der Waals surface area contributed by atoms with E-state index in [0.29, 0.717) is 49.1 Å². The predicted octanol–water partition coefficient (Wildman–Crippen LogP) is 6.20. The number of anilines is 1. The summed E-state index contributed by atoms with van der Waals surface area (Å²) in [4.78, 5) is 45.2. The Morgan fingerprint density at radius 2 is 1.77 bits per heavy atom. The number of furan rings is 1. The molecule has 1 aliphatic heterocycles. The number of nitrogens with zero attached hydrogens (tertiary/aromatic N) is 2. The lowest BCUT2D eigenvalue weighted by Gasteiger charge is -2.25. The lowest BCUT2D eigenvalue weighted by molar-refractivity contribution is -0.113. The largest absolute Gasteiger partial charge is 0.497 e.